The van der Waals surface area contributed by atoms with Crippen LogP contribution < -0.4 is 0 Å². The Balaban J connectivity index is 2.19. The van der Waals surface area contributed by atoms with Crippen molar-refractivity contribution in [2.75, 3.05) is 13.1 Å². The standard InChI is InChI=1S/C12H16INO/c13-14-9-4-7-12(15,8-10-14)11-5-2-1-3-6-11/h1-3,5-6,15H,4,7-10H2. The van der Waals surface area contributed by atoms with E-state index in [-0.39, 0.29) is 0 Å². The lowest BCUT2D eigenvalue weighted by Crippen LogP contribution is -2.26. The Morgan fingerprint density at radius 2 is 1.87 bits per heavy atom. The molecule has 0 amide bonds. The van der Waals surface area contributed by atoms with Gasteiger partial charge in [0.25, 0.3) is 0 Å². The van der Waals surface area contributed by atoms with Crippen molar-refractivity contribution < 1.29 is 5.11 Å². The second-order valence-corrected chi connectivity index (χ2v) is 5.53. The van der Waals surface area contributed by atoms with Crippen molar-refractivity contribution in [1.82, 2.24) is 3.11 Å². The fourth-order valence-corrected chi connectivity index (χ4v) is 2.71. The van der Waals surface area contributed by atoms with E-state index in [4.69, 9.17) is 0 Å². The molecule has 3 heteroatoms. The van der Waals surface area contributed by atoms with Gasteiger partial charge in [-0.05, 0) is 24.8 Å². The van der Waals surface area contributed by atoms with Crippen LogP contribution in [0.15, 0.2) is 30.3 Å². The molecular weight excluding hydrogens is 301 g/mol. The van der Waals surface area contributed by atoms with Gasteiger partial charge in [0.1, 0.15) is 0 Å². The highest BCUT2D eigenvalue weighted by molar-refractivity contribution is 14.1. The molecular formula is C12H16INO. The Hall–Kier alpha value is -0.130. The van der Waals surface area contributed by atoms with Crippen LogP contribution in [0, 0.1) is 0 Å². The van der Waals surface area contributed by atoms with Gasteiger partial charge in [-0.15, -0.1) is 0 Å². The first-order valence-electron chi connectivity index (χ1n) is 5.39. The molecule has 0 aromatic heterocycles. The molecule has 2 nitrogen and oxygen atoms in total. The summed E-state index contributed by atoms with van der Waals surface area (Å²) in [5, 5.41) is 10.6. The van der Waals surface area contributed by atoms with Crippen LogP contribution in [0.4, 0.5) is 0 Å². The summed E-state index contributed by atoms with van der Waals surface area (Å²) in [6.07, 6.45) is 2.77. The van der Waals surface area contributed by atoms with E-state index in [2.05, 4.69) is 26.0 Å². The van der Waals surface area contributed by atoms with Gasteiger partial charge in [0.2, 0.25) is 0 Å². The van der Waals surface area contributed by atoms with Gasteiger partial charge in [0, 0.05) is 36.0 Å². The molecule has 1 unspecified atom stereocenters. The monoisotopic (exact) mass is 317 g/mol. The van der Waals surface area contributed by atoms with Crippen LogP contribution in [0.3, 0.4) is 0 Å². The van der Waals surface area contributed by atoms with Crippen LogP contribution in [0.1, 0.15) is 24.8 Å². The number of benzene rings is 1. The zero-order chi connectivity index (χ0) is 10.7. The van der Waals surface area contributed by atoms with E-state index in [1.165, 1.54) is 0 Å². The van der Waals surface area contributed by atoms with E-state index in [0.29, 0.717) is 0 Å². The average Bonchev–Trinajstić information content (AvgIpc) is 2.44. The Kier molecular flexibility index (Phi) is 3.64. The zero-order valence-electron chi connectivity index (χ0n) is 8.69. The number of hydrogen-bond acceptors (Lipinski definition) is 2. The maximum Gasteiger partial charge on any atom is 0.0909 e. The summed E-state index contributed by atoms with van der Waals surface area (Å²) in [5.41, 5.74) is 0.456. The molecule has 0 aliphatic carbocycles. The van der Waals surface area contributed by atoms with Gasteiger partial charge in [-0.25, -0.2) is 3.11 Å². The third-order valence-corrected chi connectivity index (χ3v) is 4.04. The van der Waals surface area contributed by atoms with Gasteiger partial charge < -0.3 is 5.11 Å². The molecule has 1 aromatic rings. The first-order chi connectivity index (χ1) is 7.21. The number of hydrogen-bond donors (Lipinski definition) is 1. The van der Waals surface area contributed by atoms with Crippen molar-refractivity contribution >= 4 is 22.9 Å². The maximum atomic E-state index is 10.6. The van der Waals surface area contributed by atoms with Gasteiger partial charge >= 0.3 is 0 Å². The van der Waals surface area contributed by atoms with E-state index in [1.807, 2.05) is 30.3 Å². The van der Waals surface area contributed by atoms with E-state index in [9.17, 15) is 5.11 Å². The summed E-state index contributed by atoms with van der Waals surface area (Å²) < 4.78 is 2.26. The second-order valence-electron chi connectivity index (χ2n) is 4.16. The van der Waals surface area contributed by atoms with Gasteiger partial charge in [0.05, 0.1) is 5.60 Å². The number of rotatable bonds is 1. The van der Waals surface area contributed by atoms with Gasteiger partial charge in [0.15, 0.2) is 0 Å². The van der Waals surface area contributed by atoms with Crippen LogP contribution in [0.5, 0.6) is 0 Å². The zero-order valence-corrected chi connectivity index (χ0v) is 10.9. The fraction of sp³-hybridized carbons (Fsp3) is 0.500. The lowest BCUT2D eigenvalue weighted by atomic mass is 9.87. The van der Waals surface area contributed by atoms with Gasteiger partial charge in [-0.2, -0.15) is 0 Å². The molecule has 0 radical (unpaired) electrons. The molecule has 0 bridgehead atoms. The van der Waals surface area contributed by atoms with E-state index < -0.39 is 5.60 Å². The van der Waals surface area contributed by atoms with E-state index >= 15 is 0 Å². The molecule has 2 rings (SSSR count). The SMILES string of the molecule is OC1(c2ccccc2)CCCN(I)CC1. The lowest BCUT2D eigenvalue weighted by Gasteiger charge is -2.26. The lowest BCUT2D eigenvalue weighted by molar-refractivity contribution is 0.0232. The summed E-state index contributed by atoms with van der Waals surface area (Å²) in [4.78, 5) is 0. The minimum atomic E-state index is -0.610. The average molecular weight is 317 g/mol. The van der Waals surface area contributed by atoms with Crippen LogP contribution in [0.2, 0.25) is 0 Å². The second kappa shape index (κ2) is 4.80. The summed E-state index contributed by atoms with van der Waals surface area (Å²) in [6, 6.07) is 10.1. The molecule has 1 aliphatic rings. The summed E-state index contributed by atoms with van der Waals surface area (Å²) >= 11 is 2.34. The highest BCUT2D eigenvalue weighted by atomic mass is 127. The largest absolute Gasteiger partial charge is 0.385 e. The first kappa shape index (κ1) is 11.4. The van der Waals surface area contributed by atoms with Crippen LogP contribution in [-0.2, 0) is 5.60 Å². The van der Waals surface area contributed by atoms with Crippen molar-refractivity contribution in [3.05, 3.63) is 35.9 Å². The van der Waals surface area contributed by atoms with E-state index in [0.717, 1.165) is 37.9 Å². The number of halogens is 1. The molecule has 82 valence electrons. The van der Waals surface area contributed by atoms with Crippen molar-refractivity contribution in [3.8, 4) is 0 Å². The highest BCUT2D eigenvalue weighted by Crippen LogP contribution is 2.33. The normalized spacial score (nSPS) is 28.7. The molecule has 0 spiro atoms. The maximum absolute atomic E-state index is 10.6. The molecule has 1 fully saturated rings. The summed E-state index contributed by atoms with van der Waals surface area (Å²) in [6.45, 7) is 2.04. The van der Waals surface area contributed by atoms with Gasteiger partial charge in [-0.3, -0.25) is 0 Å². The predicted molar refractivity (Wildman–Crippen MR) is 69.8 cm³/mol. The minimum absolute atomic E-state index is 0.610. The Morgan fingerprint density at radius 3 is 2.60 bits per heavy atom. The Bertz CT molecular complexity index is 317. The smallest absolute Gasteiger partial charge is 0.0909 e. The molecule has 15 heavy (non-hydrogen) atoms. The van der Waals surface area contributed by atoms with Crippen LogP contribution in [-0.4, -0.2) is 21.3 Å². The van der Waals surface area contributed by atoms with Crippen LogP contribution >= 0.6 is 22.9 Å². The Labute approximate surface area is 105 Å². The third kappa shape index (κ3) is 2.71. The molecule has 1 N–H and O–H groups in total. The first-order valence-corrected chi connectivity index (χ1v) is 6.36. The van der Waals surface area contributed by atoms with Crippen molar-refractivity contribution in [2.45, 2.75) is 24.9 Å². The minimum Gasteiger partial charge on any atom is -0.385 e. The number of aliphatic hydroxyl groups is 1. The predicted octanol–water partition coefficient (Wildman–Crippen LogP) is 2.71. The molecule has 1 aromatic carbocycles. The van der Waals surface area contributed by atoms with Crippen molar-refractivity contribution in [3.63, 3.8) is 0 Å². The third-order valence-electron chi connectivity index (χ3n) is 3.07. The summed E-state index contributed by atoms with van der Waals surface area (Å²) in [7, 11) is 0. The molecule has 1 saturated heterocycles. The highest BCUT2D eigenvalue weighted by Gasteiger charge is 2.31. The topological polar surface area (TPSA) is 23.5 Å². The fourth-order valence-electron chi connectivity index (χ4n) is 2.12. The Morgan fingerprint density at radius 1 is 1.13 bits per heavy atom. The summed E-state index contributed by atoms with van der Waals surface area (Å²) in [5.74, 6) is 0. The molecule has 1 heterocycles. The quantitative estimate of drug-likeness (QED) is 0.636. The van der Waals surface area contributed by atoms with Crippen LogP contribution in [0.25, 0.3) is 0 Å². The van der Waals surface area contributed by atoms with Gasteiger partial charge in [-0.1, -0.05) is 30.3 Å². The molecule has 1 atom stereocenters. The number of nitrogens with zero attached hydrogens (tertiary/aromatic N) is 1. The van der Waals surface area contributed by atoms with E-state index in [1.54, 1.807) is 0 Å². The van der Waals surface area contributed by atoms with Crippen molar-refractivity contribution in [1.29, 1.82) is 0 Å². The van der Waals surface area contributed by atoms with Crippen molar-refractivity contribution in [2.24, 2.45) is 0 Å². The molecule has 1 aliphatic heterocycles. The molecule has 0 saturated carbocycles.